The standard InChI is InChI=1S/C42H36Cl2N8O4/c1-25(28-6-4-3-5-7-28)48-35(53)29-12-13-34(46-23-29)41(14-15-41)50-37(55)42(16-17-42)49-36(54)33-24-47-39-51(32-19-30(43)18-31(44)20-32)38(56)40(2,52(33)39)21-26-8-10-27(22-45)11-9-26/h3-13,18-20,23-25H,14-17,21H2,1-2H3,(H,48,53)(H,49,54)(H,50,55)/t25-,40+/m0/s1. The minimum atomic E-state index is -1.34. The molecule has 282 valence electrons. The van der Waals surface area contributed by atoms with Crippen molar-refractivity contribution < 1.29 is 19.2 Å². The van der Waals surface area contributed by atoms with Crippen molar-refractivity contribution in [3.63, 3.8) is 0 Å². The van der Waals surface area contributed by atoms with E-state index < -0.39 is 22.5 Å². The highest BCUT2D eigenvalue weighted by molar-refractivity contribution is 6.35. The van der Waals surface area contributed by atoms with Crippen molar-refractivity contribution >= 4 is 58.5 Å². The first-order valence-corrected chi connectivity index (χ1v) is 19.0. The van der Waals surface area contributed by atoms with Gasteiger partial charge in [0, 0.05) is 22.7 Å². The van der Waals surface area contributed by atoms with Crippen LogP contribution in [0.4, 0.5) is 11.6 Å². The lowest BCUT2D eigenvalue weighted by molar-refractivity contribution is -0.125. The van der Waals surface area contributed by atoms with Crippen LogP contribution in [0.25, 0.3) is 0 Å². The second-order valence-corrected chi connectivity index (χ2v) is 15.8. The summed E-state index contributed by atoms with van der Waals surface area (Å²) in [5.41, 5.74) is 0.501. The van der Waals surface area contributed by atoms with E-state index in [1.807, 2.05) is 37.3 Å². The Balaban J connectivity index is 1.01. The number of hydrogen-bond donors (Lipinski definition) is 3. The van der Waals surface area contributed by atoms with E-state index in [0.29, 0.717) is 58.2 Å². The van der Waals surface area contributed by atoms with Gasteiger partial charge in [-0.05, 0) is 93.1 Å². The van der Waals surface area contributed by atoms with Gasteiger partial charge < -0.3 is 16.0 Å². The second kappa shape index (κ2) is 13.9. The van der Waals surface area contributed by atoms with Crippen molar-refractivity contribution in [1.29, 1.82) is 5.26 Å². The molecule has 0 saturated heterocycles. The summed E-state index contributed by atoms with van der Waals surface area (Å²) in [4.78, 5) is 66.1. The quantitative estimate of drug-likeness (QED) is 0.135. The predicted octanol–water partition coefficient (Wildman–Crippen LogP) is 6.65. The Morgan fingerprint density at radius 1 is 0.875 bits per heavy atom. The summed E-state index contributed by atoms with van der Waals surface area (Å²) in [7, 11) is 0. The molecule has 4 amide bonds. The number of rotatable bonds is 11. The van der Waals surface area contributed by atoms with E-state index in [9.17, 15) is 24.4 Å². The summed E-state index contributed by atoms with van der Waals surface area (Å²) in [5, 5.41) is 19.1. The molecule has 0 bridgehead atoms. The lowest BCUT2D eigenvalue weighted by atomic mass is 9.91. The number of nitriles is 1. The molecule has 2 aromatic heterocycles. The minimum absolute atomic E-state index is 0.0949. The first kappa shape index (κ1) is 36.9. The van der Waals surface area contributed by atoms with Gasteiger partial charge >= 0.3 is 0 Å². The largest absolute Gasteiger partial charge is 0.345 e. The van der Waals surface area contributed by atoms with Gasteiger partial charge in [-0.2, -0.15) is 5.26 Å². The predicted molar refractivity (Wildman–Crippen MR) is 209 cm³/mol. The molecule has 3 aliphatic rings. The minimum Gasteiger partial charge on any atom is -0.345 e. The number of aromatic nitrogens is 3. The van der Waals surface area contributed by atoms with Gasteiger partial charge in [-0.25, -0.2) is 9.88 Å². The number of amides is 4. The molecular weight excluding hydrogens is 751 g/mol. The molecule has 12 nitrogen and oxygen atoms in total. The maximum Gasteiger partial charge on any atom is 0.270 e. The fourth-order valence-electron chi connectivity index (χ4n) is 7.36. The molecule has 2 atom stereocenters. The van der Waals surface area contributed by atoms with Gasteiger partial charge in [0.25, 0.3) is 17.7 Å². The number of halogens is 2. The highest BCUT2D eigenvalue weighted by Gasteiger charge is 2.57. The maximum atomic E-state index is 14.4. The Labute approximate surface area is 332 Å². The summed E-state index contributed by atoms with van der Waals surface area (Å²) in [6.07, 6.45) is 5.22. The number of carbonyl (C=O) groups excluding carboxylic acids is 4. The van der Waals surface area contributed by atoms with Gasteiger partial charge in [-0.3, -0.25) is 28.7 Å². The summed E-state index contributed by atoms with van der Waals surface area (Å²) in [6, 6.07) is 26.7. The number of benzene rings is 3. The molecule has 8 rings (SSSR count). The highest BCUT2D eigenvalue weighted by atomic mass is 35.5. The van der Waals surface area contributed by atoms with Crippen molar-refractivity contribution in [2.45, 2.75) is 68.6 Å². The molecule has 5 aromatic rings. The first-order chi connectivity index (χ1) is 26.8. The molecular formula is C42H36Cl2N8O4. The summed E-state index contributed by atoms with van der Waals surface area (Å²) >= 11 is 12.7. The number of fused-ring (bicyclic) bond motifs is 1. The molecule has 1 aliphatic heterocycles. The molecule has 2 saturated carbocycles. The van der Waals surface area contributed by atoms with E-state index in [4.69, 9.17) is 23.2 Å². The zero-order valence-corrected chi connectivity index (χ0v) is 32.0. The zero-order valence-electron chi connectivity index (χ0n) is 30.5. The van der Waals surface area contributed by atoms with Crippen LogP contribution in [0.1, 0.15) is 88.8 Å². The lowest BCUT2D eigenvalue weighted by Crippen LogP contribution is -2.52. The Hall–Kier alpha value is -6.03. The second-order valence-electron chi connectivity index (χ2n) is 14.9. The van der Waals surface area contributed by atoms with Gasteiger partial charge in [0.05, 0.1) is 46.4 Å². The van der Waals surface area contributed by atoms with E-state index in [-0.39, 0.29) is 41.8 Å². The lowest BCUT2D eigenvalue weighted by Gasteiger charge is -2.27. The number of carbonyl (C=O) groups is 4. The first-order valence-electron chi connectivity index (χ1n) is 18.2. The molecule has 2 fully saturated rings. The third kappa shape index (κ3) is 6.67. The molecule has 0 unspecified atom stereocenters. The third-order valence-electron chi connectivity index (χ3n) is 10.9. The number of imidazole rings is 1. The van der Waals surface area contributed by atoms with E-state index in [2.05, 4.69) is 32.0 Å². The van der Waals surface area contributed by atoms with Crippen LogP contribution in [0.3, 0.4) is 0 Å². The normalized spacial score (nSPS) is 19.0. The van der Waals surface area contributed by atoms with Gasteiger partial charge in [-0.15, -0.1) is 0 Å². The molecule has 56 heavy (non-hydrogen) atoms. The van der Waals surface area contributed by atoms with Crippen LogP contribution in [-0.4, -0.2) is 43.7 Å². The third-order valence-corrected chi connectivity index (χ3v) is 11.3. The number of nitrogens with zero attached hydrogens (tertiary/aromatic N) is 5. The zero-order chi connectivity index (χ0) is 39.4. The van der Waals surface area contributed by atoms with E-state index in [1.54, 1.807) is 66.1 Å². The van der Waals surface area contributed by atoms with Crippen molar-refractivity contribution in [3.05, 3.63) is 141 Å². The molecule has 3 aromatic carbocycles. The average molecular weight is 788 g/mol. The van der Waals surface area contributed by atoms with Gasteiger partial charge in [0.15, 0.2) is 0 Å². The number of hydrogen-bond acceptors (Lipinski definition) is 7. The molecule has 0 radical (unpaired) electrons. The average Bonchev–Trinajstić information content (AvgIpc) is 4.10. The molecule has 0 spiro atoms. The van der Waals surface area contributed by atoms with Crippen LogP contribution in [0.5, 0.6) is 0 Å². The molecule has 3 N–H and O–H groups in total. The monoisotopic (exact) mass is 786 g/mol. The van der Waals surface area contributed by atoms with E-state index in [0.717, 1.165) is 11.1 Å². The SMILES string of the molecule is C[C@H](NC(=O)c1ccc(C2(NC(=O)C3(NC(=O)c4cnc5n4[C@](C)(Cc4ccc(C#N)cc4)C(=O)N5c4cc(Cl)cc(Cl)c4)CC3)CC2)nc1)c1ccccc1. The van der Waals surface area contributed by atoms with Crippen molar-refractivity contribution in [3.8, 4) is 6.07 Å². The van der Waals surface area contributed by atoms with Crippen molar-refractivity contribution in [1.82, 2.24) is 30.5 Å². The topological polar surface area (TPSA) is 162 Å². The Morgan fingerprint density at radius 3 is 2.18 bits per heavy atom. The van der Waals surface area contributed by atoms with Crippen LogP contribution in [0.2, 0.25) is 10.0 Å². The molecule has 3 heterocycles. The highest BCUT2D eigenvalue weighted by Crippen LogP contribution is 2.47. The summed E-state index contributed by atoms with van der Waals surface area (Å²) in [6.45, 7) is 3.64. The van der Waals surface area contributed by atoms with Crippen molar-refractivity contribution in [2.24, 2.45) is 0 Å². The summed E-state index contributed by atoms with van der Waals surface area (Å²) < 4.78 is 1.59. The van der Waals surface area contributed by atoms with Gasteiger partial charge in [0.1, 0.15) is 16.8 Å². The van der Waals surface area contributed by atoms with Crippen LogP contribution in [0, 0.1) is 11.3 Å². The number of anilines is 2. The van der Waals surface area contributed by atoms with E-state index >= 15 is 0 Å². The Morgan fingerprint density at radius 2 is 1.57 bits per heavy atom. The van der Waals surface area contributed by atoms with Crippen LogP contribution < -0.4 is 20.9 Å². The van der Waals surface area contributed by atoms with Crippen LogP contribution in [-0.2, 0) is 27.1 Å². The summed E-state index contributed by atoms with van der Waals surface area (Å²) in [5.74, 6) is -1.33. The molecule has 2 aliphatic carbocycles. The van der Waals surface area contributed by atoms with Gasteiger partial charge in [-0.1, -0.05) is 65.7 Å². The fourth-order valence-corrected chi connectivity index (χ4v) is 7.88. The fraction of sp³-hybridized carbons (Fsp3) is 0.262. The van der Waals surface area contributed by atoms with E-state index in [1.165, 1.54) is 17.3 Å². The van der Waals surface area contributed by atoms with Gasteiger partial charge in [0.2, 0.25) is 11.9 Å². The molecule has 14 heteroatoms. The van der Waals surface area contributed by atoms with Crippen LogP contribution >= 0.6 is 23.2 Å². The Bertz CT molecular complexity index is 2420. The van der Waals surface area contributed by atoms with Crippen molar-refractivity contribution in [2.75, 3.05) is 4.90 Å². The number of pyridine rings is 1. The Kier molecular flexibility index (Phi) is 9.18. The number of nitrogens with one attached hydrogen (secondary N) is 3. The van der Waals surface area contributed by atoms with Crippen LogP contribution in [0.15, 0.2) is 97.3 Å². The smallest absolute Gasteiger partial charge is 0.270 e. The maximum absolute atomic E-state index is 14.4.